The van der Waals surface area contributed by atoms with Gasteiger partial charge in [0.2, 0.25) is 0 Å². The Balaban J connectivity index is 2.35. The van der Waals surface area contributed by atoms with Crippen molar-refractivity contribution in [2.24, 2.45) is 0 Å². The lowest BCUT2D eigenvalue weighted by molar-refractivity contribution is 0.504. The van der Waals surface area contributed by atoms with Gasteiger partial charge in [0, 0.05) is 6.20 Å². The molecule has 0 saturated heterocycles. The molecule has 0 radical (unpaired) electrons. The van der Waals surface area contributed by atoms with Crippen molar-refractivity contribution in [1.29, 1.82) is 0 Å². The first-order chi connectivity index (χ1) is 8.88. The van der Waals surface area contributed by atoms with Crippen LogP contribution in [-0.4, -0.2) is 13.4 Å². The molecule has 2 rings (SSSR count). The third kappa shape index (κ3) is 3.05. The number of sulfonamides is 1. The Morgan fingerprint density at radius 3 is 2.47 bits per heavy atom. The molecule has 2 aromatic rings. The highest BCUT2D eigenvalue weighted by molar-refractivity contribution is 7.92. The topological polar surface area (TPSA) is 59.1 Å². The number of nitrogens with zero attached hydrogens (tertiary/aromatic N) is 1. The molecule has 0 saturated carbocycles. The summed E-state index contributed by atoms with van der Waals surface area (Å²) in [5.74, 6) is -2.21. The zero-order chi connectivity index (χ0) is 14.0. The molecule has 0 aliphatic heterocycles. The van der Waals surface area contributed by atoms with E-state index < -0.39 is 21.7 Å². The van der Waals surface area contributed by atoms with E-state index in [1.807, 2.05) is 0 Å². The molecule has 7 heteroatoms. The van der Waals surface area contributed by atoms with Crippen LogP contribution in [0.4, 0.5) is 14.6 Å². The van der Waals surface area contributed by atoms with Crippen LogP contribution in [-0.2, 0) is 10.0 Å². The van der Waals surface area contributed by atoms with Gasteiger partial charge >= 0.3 is 0 Å². The molecule has 4 nitrogen and oxygen atoms in total. The minimum atomic E-state index is -3.99. The summed E-state index contributed by atoms with van der Waals surface area (Å²) in [4.78, 5) is 3.47. The summed E-state index contributed by atoms with van der Waals surface area (Å²) in [6.45, 7) is 1.77. The number of aryl methyl sites for hydroxylation is 1. The maximum Gasteiger partial charge on any atom is 0.263 e. The van der Waals surface area contributed by atoms with E-state index in [1.165, 1.54) is 12.3 Å². The summed E-state index contributed by atoms with van der Waals surface area (Å²) in [5, 5.41) is 0. The lowest BCUT2D eigenvalue weighted by Crippen LogP contribution is -2.14. The van der Waals surface area contributed by atoms with Crippen LogP contribution in [0.2, 0.25) is 0 Å². The number of nitrogens with one attached hydrogen (secondary N) is 1. The second-order valence-corrected chi connectivity index (χ2v) is 5.58. The molecule has 0 atom stereocenters. The molecule has 1 aromatic heterocycles. The molecule has 0 bridgehead atoms. The van der Waals surface area contributed by atoms with Gasteiger partial charge in [-0.3, -0.25) is 4.72 Å². The Labute approximate surface area is 109 Å². The molecule has 0 fully saturated rings. The largest absolute Gasteiger partial charge is 0.263 e. The Hall–Kier alpha value is -2.02. The van der Waals surface area contributed by atoms with Crippen molar-refractivity contribution < 1.29 is 17.2 Å². The maximum atomic E-state index is 13.0. The summed E-state index contributed by atoms with van der Waals surface area (Å²) in [6.07, 6.45) is 1.44. The van der Waals surface area contributed by atoms with Crippen LogP contribution >= 0.6 is 0 Å². The van der Waals surface area contributed by atoms with Gasteiger partial charge in [-0.05, 0) is 42.8 Å². The van der Waals surface area contributed by atoms with Crippen LogP contribution in [0.15, 0.2) is 41.4 Å². The molecule has 1 heterocycles. The van der Waals surface area contributed by atoms with E-state index in [1.54, 1.807) is 13.0 Å². The summed E-state index contributed by atoms with van der Waals surface area (Å²) >= 11 is 0. The van der Waals surface area contributed by atoms with Crippen LogP contribution < -0.4 is 4.72 Å². The van der Waals surface area contributed by atoms with E-state index >= 15 is 0 Å². The smallest absolute Gasteiger partial charge is 0.263 e. The first-order valence-corrected chi connectivity index (χ1v) is 6.77. The van der Waals surface area contributed by atoms with Gasteiger partial charge in [0.25, 0.3) is 10.0 Å². The van der Waals surface area contributed by atoms with Crippen molar-refractivity contribution >= 4 is 15.8 Å². The predicted molar refractivity (Wildman–Crippen MR) is 66.1 cm³/mol. The van der Waals surface area contributed by atoms with Crippen LogP contribution in [0.1, 0.15) is 5.56 Å². The van der Waals surface area contributed by atoms with Crippen molar-refractivity contribution in [1.82, 2.24) is 4.98 Å². The molecular weight excluding hydrogens is 274 g/mol. The minimum absolute atomic E-state index is 0.115. The van der Waals surface area contributed by atoms with Gasteiger partial charge in [0.05, 0.1) is 4.90 Å². The van der Waals surface area contributed by atoms with Gasteiger partial charge in [0.15, 0.2) is 11.6 Å². The Morgan fingerprint density at radius 1 is 1.11 bits per heavy atom. The fourth-order valence-electron chi connectivity index (χ4n) is 1.43. The first kappa shape index (κ1) is 13.4. The van der Waals surface area contributed by atoms with E-state index in [9.17, 15) is 17.2 Å². The summed E-state index contributed by atoms with van der Waals surface area (Å²) < 4.78 is 51.9. The zero-order valence-electron chi connectivity index (χ0n) is 9.89. The molecule has 100 valence electrons. The van der Waals surface area contributed by atoms with E-state index in [0.717, 1.165) is 17.7 Å². The first-order valence-electron chi connectivity index (χ1n) is 5.29. The lowest BCUT2D eigenvalue weighted by Gasteiger charge is -2.07. The highest BCUT2D eigenvalue weighted by atomic mass is 32.2. The third-order valence-electron chi connectivity index (χ3n) is 2.36. The number of anilines is 1. The van der Waals surface area contributed by atoms with E-state index in [-0.39, 0.29) is 10.7 Å². The number of halogens is 2. The highest BCUT2D eigenvalue weighted by Crippen LogP contribution is 2.17. The molecule has 0 aliphatic carbocycles. The molecule has 0 amide bonds. The van der Waals surface area contributed by atoms with Crippen molar-refractivity contribution in [2.45, 2.75) is 11.8 Å². The molecule has 19 heavy (non-hydrogen) atoms. The number of hydrogen-bond donors (Lipinski definition) is 1. The minimum Gasteiger partial charge on any atom is -0.263 e. The third-order valence-corrected chi connectivity index (χ3v) is 3.71. The zero-order valence-corrected chi connectivity index (χ0v) is 10.7. The van der Waals surface area contributed by atoms with Gasteiger partial charge < -0.3 is 0 Å². The van der Waals surface area contributed by atoms with Gasteiger partial charge in [-0.1, -0.05) is 0 Å². The highest BCUT2D eigenvalue weighted by Gasteiger charge is 2.17. The standard InChI is InChI=1S/C12H10F2N2O2S/c1-8-4-5-15-12(6-8)16-19(17,18)9-2-3-10(13)11(14)7-9/h2-7H,1H3,(H,15,16). The monoisotopic (exact) mass is 284 g/mol. The number of pyridine rings is 1. The van der Waals surface area contributed by atoms with Gasteiger partial charge in [-0.2, -0.15) is 0 Å². The number of benzene rings is 1. The van der Waals surface area contributed by atoms with Crippen LogP contribution in [0.5, 0.6) is 0 Å². The van der Waals surface area contributed by atoms with Crippen LogP contribution in [0.25, 0.3) is 0 Å². The quantitative estimate of drug-likeness (QED) is 0.942. The maximum absolute atomic E-state index is 13.0. The average Bonchev–Trinajstić information content (AvgIpc) is 2.32. The van der Waals surface area contributed by atoms with E-state index in [2.05, 4.69) is 9.71 Å². The Bertz CT molecular complexity index is 717. The van der Waals surface area contributed by atoms with Crippen molar-refractivity contribution in [3.8, 4) is 0 Å². The lowest BCUT2D eigenvalue weighted by atomic mass is 10.3. The van der Waals surface area contributed by atoms with Gasteiger partial charge in [0.1, 0.15) is 5.82 Å². The summed E-state index contributed by atoms with van der Waals surface area (Å²) in [5.41, 5.74) is 0.818. The average molecular weight is 284 g/mol. The Kier molecular flexibility index (Phi) is 3.48. The van der Waals surface area contributed by atoms with Gasteiger partial charge in [-0.15, -0.1) is 0 Å². The van der Waals surface area contributed by atoms with Gasteiger partial charge in [-0.25, -0.2) is 22.2 Å². The molecular formula is C12H10F2N2O2S. The van der Waals surface area contributed by atoms with E-state index in [4.69, 9.17) is 0 Å². The van der Waals surface area contributed by atoms with Crippen LogP contribution in [0, 0.1) is 18.6 Å². The number of hydrogen-bond acceptors (Lipinski definition) is 3. The predicted octanol–water partition coefficient (Wildman–Crippen LogP) is 2.47. The molecule has 0 spiro atoms. The second-order valence-electron chi connectivity index (χ2n) is 3.90. The van der Waals surface area contributed by atoms with E-state index in [0.29, 0.717) is 6.07 Å². The molecule has 0 aliphatic rings. The number of rotatable bonds is 3. The van der Waals surface area contributed by atoms with Crippen molar-refractivity contribution in [3.63, 3.8) is 0 Å². The Morgan fingerprint density at radius 2 is 1.84 bits per heavy atom. The molecule has 1 aromatic carbocycles. The summed E-state index contributed by atoms with van der Waals surface area (Å²) in [7, 11) is -3.99. The fraction of sp³-hybridized carbons (Fsp3) is 0.0833. The number of aromatic nitrogens is 1. The van der Waals surface area contributed by atoms with Crippen molar-refractivity contribution in [3.05, 3.63) is 53.7 Å². The van der Waals surface area contributed by atoms with Crippen LogP contribution in [0.3, 0.4) is 0 Å². The fourth-order valence-corrected chi connectivity index (χ4v) is 2.44. The second kappa shape index (κ2) is 4.93. The molecule has 1 N–H and O–H groups in total. The van der Waals surface area contributed by atoms with Crippen molar-refractivity contribution in [2.75, 3.05) is 4.72 Å². The molecule has 0 unspecified atom stereocenters. The normalized spacial score (nSPS) is 11.3. The summed E-state index contributed by atoms with van der Waals surface area (Å²) in [6, 6.07) is 5.59. The SMILES string of the molecule is Cc1ccnc(NS(=O)(=O)c2ccc(F)c(F)c2)c1.